The van der Waals surface area contributed by atoms with Gasteiger partial charge in [-0.3, -0.25) is 0 Å². The molecule has 5 unspecified atom stereocenters. The van der Waals surface area contributed by atoms with Gasteiger partial charge in [-0.1, -0.05) is 182 Å². The molecule has 344 valence electrons. The first kappa shape index (κ1) is 47.6. The smallest absolute Gasteiger partial charge is 0.429 e. The van der Waals surface area contributed by atoms with Crippen LogP contribution in [0.25, 0.3) is 0 Å². The Morgan fingerprint density at radius 1 is 0.500 bits per heavy atom. The molecule has 6 atom stereocenters. The van der Waals surface area contributed by atoms with Gasteiger partial charge in [-0.25, -0.2) is 20.0 Å². The van der Waals surface area contributed by atoms with Crippen molar-refractivity contribution in [1.82, 2.24) is 10.4 Å². The maximum atomic E-state index is 13.9. The van der Waals surface area contributed by atoms with Crippen molar-refractivity contribution in [1.29, 1.82) is 0 Å². The van der Waals surface area contributed by atoms with E-state index in [0.717, 1.165) is 38.4 Å². The van der Waals surface area contributed by atoms with Gasteiger partial charge in [0.2, 0.25) is 0 Å². The molecule has 12 heteroatoms. The van der Waals surface area contributed by atoms with Gasteiger partial charge in [-0.05, 0) is 46.2 Å². The highest BCUT2D eigenvalue weighted by Crippen LogP contribution is 2.33. The van der Waals surface area contributed by atoms with E-state index in [1.807, 2.05) is 182 Å². The molecule has 1 aliphatic rings. The Balaban J connectivity index is 1.17. The van der Waals surface area contributed by atoms with Crippen LogP contribution in [-0.2, 0) is 72.8 Å². The highest BCUT2D eigenvalue weighted by Gasteiger charge is 2.48. The Hall–Kier alpha value is -6.38. The van der Waals surface area contributed by atoms with E-state index >= 15 is 0 Å². The molecule has 0 radical (unpaired) electrons. The lowest BCUT2D eigenvalue weighted by molar-refractivity contribution is -0.274. The summed E-state index contributed by atoms with van der Waals surface area (Å²) in [5.41, 5.74) is 7.98. The molecule has 1 aliphatic heterocycles. The van der Waals surface area contributed by atoms with Gasteiger partial charge < -0.3 is 38.3 Å². The number of aliphatic hydroxyl groups excluding tert-OH is 1. The Bertz CT molecular complexity index is 2280. The number of nitrogens with zero attached hydrogens (tertiary/aromatic N) is 1. The van der Waals surface area contributed by atoms with E-state index in [4.69, 9.17) is 33.2 Å². The van der Waals surface area contributed by atoms with Crippen LogP contribution in [0, 0.1) is 0 Å². The topological polar surface area (TPSA) is 134 Å². The molecule has 0 spiro atoms. The number of hydrogen-bond donors (Lipinski definition) is 2. The molecule has 0 bridgehead atoms. The van der Waals surface area contributed by atoms with Crippen LogP contribution in [-0.4, -0.2) is 72.1 Å². The summed E-state index contributed by atoms with van der Waals surface area (Å²) < 4.78 is 45.2. The number of benzene rings is 6. The molecule has 0 saturated carbocycles. The van der Waals surface area contributed by atoms with Crippen molar-refractivity contribution in [3.63, 3.8) is 0 Å². The fourth-order valence-electron chi connectivity index (χ4n) is 7.70. The number of ether oxygens (including phenoxy) is 7. The van der Waals surface area contributed by atoms with Crippen molar-refractivity contribution >= 4 is 12.2 Å². The molecule has 2 amide bonds. The largest absolute Gasteiger partial charge is 0.443 e. The quantitative estimate of drug-likeness (QED) is 0.0636. The van der Waals surface area contributed by atoms with E-state index < -0.39 is 55.4 Å². The Labute approximate surface area is 386 Å². The number of nitrogens with one attached hydrogen (secondary N) is 1. The van der Waals surface area contributed by atoms with Crippen molar-refractivity contribution in [2.24, 2.45) is 0 Å². The average Bonchev–Trinajstić information content (AvgIpc) is 3.37. The standard InChI is InChI=1S/C54H58N2O10/c57-33-47(56(54(59)65-39-46-29-17-6-18-30-46)55-53(58)64-38-45-27-15-5-16-28-45)31-32-48-50(61-35-42-21-9-2-10-22-42)52(63-37-44-25-13-4-14-26-44)51(62-36-43-23-11-3-12-24-43)49(66-48)40-60-34-41-19-7-1-8-20-41/h1-30,47-52,57H,31-40H2,(H,55,58)/t47-,48?,49?,50?,51?,52?/m1/s1. The Morgan fingerprint density at radius 3 is 1.32 bits per heavy atom. The van der Waals surface area contributed by atoms with Crippen LogP contribution < -0.4 is 5.43 Å². The molecule has 1 saturated heterocycles. The minimum absolute atomic E-state index is 0.0364. The summed E-state index contributed by atoms with van der Waals surface area (Å²) in [5, 5.41) is 12.0. The van der Waals surface area contributed by atoms with Crippen LogP contribution >= 0.6 is 0 Å². The predicted molar refractivity (Wildman–Crippen MR) is 248 cm³/mol. The maximum Gasteiger partial charge on any atom is 0.429 e. The molecule has 0 aliphatic carbocycles. The van der Waals surface area contributed by atoms with Crippen LogP contribution in [0.5, 0.6) is 0 Å². The van der Waals surface area contributed by atoms with Gasteiger partial charge in [0.25, 0.3) is 0 Å². The number of amides is 2. The Morgan fingerprint density at radius 2 is 0.879 bits per heavy atom. The van der Waals surface area contributed by atoms with Gasteiger partial charge in [-0.15, -0.1) is 0 Å². The zero-order chi connectivity index (χ0) is 45.6. The average molecular weight is 895 g/mol. The molecule has 66 heavy (non-hydrogen) atoms. The highest BCUT2D eigenvalue weighted by atomic mass is 16.6. The van der Waals surface area contributed by atoms with Crippen LogP contribution in [0.1, 0.15) is 46.2 Å². The number of rotatable bonds is 22. The second-order valence-corrected chi connectivity index (χ2v) is 16.0. The van der Waals surface area contributed by atoms with Crippen LogP contribution in [0.2, 0.25) is 0 Å². The van der Waals surface area contributed by atoms with Gasteiger partial charge in [0.1, 0.15) is 37.6 Å². The molecule has 2 N–H and O–H groups in total. The van der Waals surface area contributed by atoms with Crippen molar-refractivity contribution in [2.45, 2.75) is 89.0 Å². The first-order valence-corrected chi connectivity index (χ1v) is 22.3. The van der Waals surface area contributed by atoms with Gasteiger partial charge in [-0.2, -0.15) is 0 Å². The summed E-state index contributed by atoms with van der Waals surface area (Å²) >= 11 is 0. The molecule has 12 nitrogen and oxygen atoms in total. The number of aliphatic hydroxyl groups is 1. The summed E-state index contributed by atoms with van der Waals surface area (Å²) in [6.45, 7) is 0.675. The molecular weight excluding hydrogens is 837 g/mol. The van der Waals surface area contributed by atoms with Crippen molar-refractivity contribution < 1.29 is 47.9 Å². The highest BCUT2D eigenvalue weighted by molar-refractivity contribution is 5.74. The predicted octanol–water partition coefficient (Wildman–Crippen LogP) is 9.35. The van der Waals surface area contributed by atoms with Crippen molar-refractivity contribution in [3.8, 4) is 0 Å². The van der Waals surface area contributed by atoms with Gasteiger partial charge in [0, 0.05) is 0 Å². The van der Waals surface area contributed by atoms with Gasteiger partial charge >= 0.3 is 12.2 Å². The van der Waals surface area contributed by atoms with E-state index in [0.29, 0.717) is 6.61 Å². The number of hydrogen-bond acceptors (Lipinski definition) is 10. The summed E-state index contributed by atoms with van der Waals surface area (Å²) in [6, 6.07) is 57.0. The number of hydrazine groups is 1. The summed E-state index contributed by atoms with van der Waals surface area (Å²) in [5.74, 6) is 0. The monoisotopic (exact) mass is 894 g/mol. The third kappa shape index (κ3) is 14.8. The summed E-state index contributed by atoms with van der Waals surface area (Å²) in [6.07, 6.45) is -4.71. The minimum atomic E-state index is -0.973. The molecule has 1 heterocycles. The maximum absolute atomic E-state index is 13.9. The van der Waals surface area contributed by atoms with Gasteiger partial charge in [0.15, 0.2) is 0 Å². The lowest BCUT2D eigenvalue weighted by Crippen LogP contribution is -2.61. The molecule has 6 aromatic carbocycles. The fraction of sp³-hybridized carbons (Fsp3) is 0.296. The third-order valence-electron chi connectivity index (χ3n) is 11.2. The van der Waals surface area contributed by atoms with E-state index in [1.54, 1.807) is 0 Å². The molecule has 6 aromatic rings. The second kappa shape index (κ2) is 25.9. The van der Waals surface area contributed by atoms with Crippen molar-refractivity contribution in [2.75, 3.05) is 13.2 Å². The third-order valence-corrected chi connectivity index (χ3v) is 11.2. The van der Waals surface area contributed by atoms with E-state index in [-0.39, 0.29) is 52.5 Å². The van der Waals surface area contributed by atoms with E-state index in [9.17, 15) is 14.7 Å². The lowest BCUT2D eigenvalue weighted by atomic mass is 9.90. The molecule has 1 fully saturated rings. The SMILES string of the molecule is O=C(NN(C(=O)OCc1ccccc1)[C@@H](CO)CCC1OC(COCc2ccccc2)C(OCc2ccccc2)C(OCc2ccccc2)C1OCc1ccccc1)OCc1ccccc1. The second-order valence-electron chi connectivity index (χ2n) is 16.0. The number of carbonyl (C=O) groups is 2. The van der Waals surface area contributed by atoms with Gasteiger partial charge in [0.05, 0.1) is 51.8 Å². The van der Waals surface area contributed by atoms with E-state index in [1.165, 1.54) is 0 Å². The zero-order valence-electron chi connectivity index (χ0n) is 36.9. The fourth-order valence-corrected chi connectivity index (χ4v) is 7.70. The van der Waals surface area contributed by atoms with E-state index in [2.05, 4.69) is 5.43 Å². The first-order valence-electron chi connectivity index (χ1n) is 22.3. The van der Waals surface area contributed by atoms with Crippen LogP contribution in [0.4, 0.5) is 9.59 Å². The normalized spacial score (nSPS) is 18.5. The van der Waals surface area contributed by atoms with Crippen LogP contribution in [0.3, 0.4) is 0 Å². The summed E-state index contributed by atoms with van der Waals surface area (Å²) in [7, 11) is 0. The first-order chi connectivity index (χ1) is 32.5. The molecule has 7 rings (SSSR count). The number of carbonyl (C=O) groups excluding carboxylic acids is 2. The van der Waals surface area contributed by atoms with Crippen LogP contribution in [0.15, 0.2) is 182 Å². The Kier molecular flexibility index (Phi) is 18.7. The molecule has 0 aromatic heterocycles. The van der Waals surface area contributed by atoms with Crippen molar-refractivity contribution in [3.05, 3.63) is 215 Å². The minimum Gasteiger partial charge on any atom is -0.443 e. The summed E-state index contributed by atoms with van der Waals surface area (Å²) in [4.78, 5) is 27.2. The molecular formula is C54H58N2O10. The zero-order valence-corrected chi connectivity index (χ0v) is 36.9. The lowest BCUT2D eigenvalue weighted by Gasteiger charge is -2.46.